The van der Waals surface area contributed by atoms with E-state index in [0.29, 0.717) is 37.4 Å². The van der Waals surface area contributed by atoms with Crippen molar-refractivity contribution in [2.24, 2.45) is 0 Å². The maximum absolute atomic E-state index is 13.0. The SMILES string of the molecule is COc1cccc(/C=c2/sc3nnc(-c4ccccc4Cl)n3c2=O)c1OC. The van der Waals surface area contributed by atoms with Crippen molar-refractivity contribution in [2.45, 2.75) is 0 Å². The van der Waals surface area contributed by atoms with Crippen LogP contribution in [-0.2, 0) is 0 Å². The minimum Gasteiger partial charge on any atom is -0.493 e. The Morgan fingerprint density at radius 2 is 1.89 bits per heavy atom. The summed E-state index contributed by atoms with van der Waals surface area (Å²) in [5.74, 6) is 1.59. The van der Waals surface area contributed by atoms with Crippen molar-refractivity contribution in [1.82, 2.24) is 14.6 Å². The van der Waals surface area contributed by atoms with Gasteiger partial charge in [-0.3, -0.25) is 4.79 Å². The average molecular weight is 400 g/mol. The van der Waals surface area contributed by atoms with Gasteiger partial charge in [-0.05, 0) is 24.3 Å². The minimum atomic E-state index is -0.209. The normalized spacial score (nSPS) is 11.9. The van der Waals surface area contributed by atoms with E-state index in [-0.39, 0.29) is 5.56 Å². The molecule has 6 nitrogen and oxygen atoms in total. The smallest absolute Gasteiger partial charge is 0.276 e. The molecule has 0 saturated carbocycles. The molecule has 2 aromatic carbocycles. The quantitative estimate of drug-likeness (QED) is 0.527. The predicted molar refractivity (Wildman–Crippen MR) is 106 cm³/mol. The van der Waals surface area contributed by atoms with Crippen molar-refractivity contribution in [3.63, 3.8) is 0 Å². The Labute approximate surface area is 163 Å². The molecule has 0 radical (unpaired) electrons. The predicted octanol–water partition coefficient (Wildman–Crippen LogP) is 3.04. The molecule has 0 aliphatic carbocycles. The monoisotopic (exact) mass is 399 g/mol. The molecule has 0 aliphatic heterocycles. The van der Waals surface area contributed by atoms with Gasteiger partial charge in [0.15, 0.2) is 17.3 Å². The summed E-state index contributed by atoms with van der Waals surface area (Å²) in [5.41, 5.74) is 1.19. The van der Waals surface area contributed by atoms with Crippen LogP contribution in [0.15, 0.2) is 47.3 Å². The lowest BCUT2D eigenvalue weighted by Crippen LogP contribution is -2.23. The highest BCUT2D eigenvalue weighted by Crippen LogP contribution is 2.31. The van der Waals surface area contributed by atoms with E-state index in [1.807, 2.05) is 30.3 Å². The van der Waals surface area contributed by atoms with E-state index >= 15 is 0 Å². The molecule has 4 aromatic rings. The summed E-state index contributed by atoms with van der Waals surface area (Å²) in [5, 5.41) is 8.78. The van der Waals surface area contributed by atoms with Gasteiger partial charge in [0.1, 0.15) is 0 Å². The van der Waals surface area contributed by atoms with Crippen LogP contribution in [0.3, 0.4) is 0 Å². The summed E-state index contributed by atoms with van der Waals surface area (Å²) < 4.78 is 12.7. The Bertz CT molecular complexity index is 1250. The number of para-hydroxylation sites is 1. The summed E-state index contributed by atoms with van der Waals surface area (Å²) in [6.45, 7) is 0. The van der Waals surface area contributed by atoms with Crippen LogP contribution < -0.4 is 19.6 Å². The molecule has 0 saturated heterocycles. The maximum Gasteiger partial charge on any atom is 0.276 e. The van der Waals surface area contributed by atoms with Crippen molar-refractivity contribution in [2.75, 3.05) is 14.2 Å². The highest BCUT2D eigenvalue weighted by molar-refractivity contribution is 7.15. The van der Waals surface area contributed by atoms with E-state index in [1.165, 1.54) is 15.7 Å². The van der Waals surface area contributed by atoms with Crippen LogP contribution in [0.25, 0.3) is 22.4 Å². The lowest BCUT2D eigenvalue weighted by Gasteiger charge is -2.09. The number of hydrogen-bond donors (Lipinski definition) is 0. The second kappa shape index (κ2) is 7.02. The number of nitrogens with zero attached hydrogens (tertiary/aromatic N) is 3. The zero-order valence-corrected chi connectivity index (χ0v) is 16.0. The number of fused-ring (bicyclic) bond motifs is 1. The van der Waals surface area contributed by atoms with Gasteiger partial charge in [-0.2, -0.15) is 0 Å². The number of halogens is 1. The first-order valence-electron chi connectivity index (χ1n) is 7.99. The van der Waals surface area contributed by atoms with E-state index in [4.69, 9.17) is 21.1 Å². The van der Waals surface area contributed by atoms with E-state index < -0.39 is 0 Å². The molecule has 4 rings (SSSR count). The van der Waals surface area contributed by atoms with Crippen LogP contribution >= 0.6 is 22.9 Å². The van der Waals surface area contributed by atoms with Gasteiger partial charge in [0.2, 0.25) is 4.96 Å². The second-order valence-corrected chi connectivity index (χ2v) is 7.04. The lowest BCUT2D eigenvalue weighted by molar-refractivity contribution is 0.354. The Morgan fingerprint density at radius 3 is 2.63 bits per heavy atom. The van der Waals surface area contributed by atoms with Gasteiger partial charge in [-0.15, -0.1) is 10.2 Å². The number of hydrogen-bond acceptors (Lipinski definition) is 6. The molecule has 0 aliphatic rings. The number of rotatable bonds is 4. The molecular formula is C19H14ClN3O3S. The Morgan fingerprint density at radius 1 is 1.07 bits per heavy atom. The van der Waals surface area contributed by atoms with Crippen LogP contribution in [0.5, 0.6) is 11.5 Å². The third-order valence-electron chi connectivity index (χ3n) is 4.08. The highest BCUT2D eigenvalue weighted by Gasteiger charge is 2.16. The summed E-state index contributed by atoms with van der Waals surface area (Å²) in [6, 6.07) is 12.7. The van der Waals surface area contributed by atoms with Gasteiger partial charge in [0, 0.05) is 11.1 Å². The first-order valence-corrected chi connectivity index (χ1v) is 9.19. The lowest BCUT2D eigenvalue weighted by atomic mass is 10.2. The van der Waals surface area contributed by atoms with Crippen LogP contribution in [-0.4, -0.2) is 28.8 Å². The van der Waals surface area contributed by atoms with E-state index in [0.717, 1.165) is 5.56 Å². The topological polar surface area (TPSA) is 65.7 Å². The first-order chi connectivity index (χ1) is 13.1. The van der Waals surface area contributed by atoms with Crippen LogP contribution in [0.2, 0.25) is 5.02 Å². The Balaban J connectivity index is 1.94. The largest absolute Gasteiger partial charge is 0.493 e. The molecule has 0 amide bonds. The fourth-order valence-corrected chi connectivity index (χ4v) is 3.97. The number of methoxy groups -OCH3 is 2. The van der Waals surface area contributed by atoms with E-state index in [1.54, 1.807) is 32.4 Å². The zero-order chi connectivity index (χ0) is 19.0. The van der Waals surface area contributed by atoms with Crippen molar-refractivity contribution >= 4 is 34.0 Å². The molecule has 0 bridgehead atoms. The molecule has 0 spiro atoms. The molecule has 0 N–H and O–H groups in total. The maximum atomic E-state index is 13.0. The zero-order valence-electron chi connectivity index (χ0n) is 14.5. The van der Waals surface area contributed by atoms with Crippen LogP contribution in [0.1, 0.15) is 5.56 Å². The number of benzene rings is 2. The summed E-state index contributed by atoms with van der Waals surface area (Å²) in [4.78, 5) is 13.5. The fraction of sp³-hybridized carbons (Fsp3) is 0.105. The van der Waals surface area contributed by atoms with E-state index in [9.17, 15) is 4.79 Å². The van der Waals surface area contributed by atoms with Gasteiger partial charge in [-0.1, -0.05) is 47.2 Å². The molecule has 8 heteroatoms. The molecule has 2 aromatic heterocycles. The Kier molecular flexibility index (Phi) is 4.55. The summed E-state index contributed by atoms with van der Waals surface area (Å²) in [6.07, 6.45) is 1.76. The van der Waals surface area contributed by atoms with Crippen molar-refractivity contribution in [3.05, 3.63) is 67.9 Å². The second-order valence-electron chi connectivity index (χ2n) is 5.62. The number of ether oxygens (including phenoxy) is 2. The van der Waals surface area contributed by atoms with Crippen molar-refractivity contribution in [1.29, 1.82) is 0 Å². The molecule has 2 heterocycles. The van der Waals surface area contributed by atoms with Crippen LogP contribution in [0, 0.1) is 0 Å². The third-order valence-corrected chi connectivity index (χ3v) is 5.37. The van der Waals surface area contributed by atoms with Gasteiger partial charge in [-0.25, -0.2) is 4.40 Å². The number of aromatic nitrogens is 3. The summed E-state index contributed by atoms with van der Waals surface area (Å²) >= 11 is 7.51. The minimum absolute atomic E-state index is 0.209. The van der Waals surface area contributed by atoms with Gasteiger partial charge >= 0.3 is 0 Å². The summed E-state index contributed by atoms with van der Waals surface area (Å²) in [7, 11) is 3.13. The number of thiazole rings is 1. The molecule has 0 unspecified atom stereocenters. The van der Waals surface area contributed by atoms with E-state index in [2.05, 4.69) is 10.2 Å². The van der Waals surface area contributed by atoms with Gasteiger partial charge in [0.05, 0.1) is 23.8 Å². The molecule has 27 heavy (non-hydrogen) atoms. The fourth-order valence-electron chi connectivity index (χ4n) is 2.85. The molecule has 0 atom stereocenters. The molecule has 136 valence electrons. The van der Waals surface area contributed by atoms with Crippen molar-refractivity contribution in [3.8, 4) is 22.9 Å². The Hall–Kier alpha value is -2.90. The van der Waals surface area contributed by atoms with Gasteiger partial charge in [0.25, 0.3) is 5.56 Å². The van der Waals surface area contributed by atoms with Crippen LogP contribution in [0.4, 0.5) is 0 Å². The standard InChI is InChI=1S/C19H14ClN3O3S/c1-25-14-9-5-6-11(16(14)26-2)10-15-18(24)23-17(21-22-19(23)27-15)12-7-3-4-8-13(12)20/h3-10H,1-2H3/b15-10+. The highest BCUT2D eigenvalue weighted by atomic mass is 35.5. The third kappa shape index (κ3) is 2.94. The molecule has 0 fully saturated rings. The van der Waals surface area contributed by atoms with Gasteiger partial charge < -0.3 is 9.47 Å². The van der Waals surface area contributed by atoms with Crippen molar-refractivity contribution < 1.29 is 9.47 Å². The molecular weight excluding hydrogens is 386 g/mol. The average Bonchev–Trinajstić information content (AvgIpc) is 3.22. The first kappa shape index (κ1) is 17.5.